The van der Waals surface area contributed by atoms with Crippen LogP contribution >= 0.6 is 11.3 Å². The van der Waals surface area contributed by atoms with E-state index in [-0.39, 0.29) is 0 Å². The lowest BCUT2D eigenvalue weighted by Gasteiger charge is -2.12. The summed E-state index contributed by atoms with van der Waals surface area (Å²) in [5.74, 6) is 0. The average molecular weight is 665 g/mol. The van der Waals surface area contributed by atoms with E-state index in [1.807, 2.05) is 11.3 Å². The highest BCUT2D eigenvalue weighted by Gasteiger charge is 2.23. The molecule has 0 fully saturated rings. The zero-order chi connectivity index (χ0) is 33.2. The number of fused-ring (bicyclic) bond motifs is 15. The van der Waals surface area contributed by atoms with Crippen LogP contribution in [0.2, 0.25) is 0 Å². The van der Waals surface area contributed by atoms with Gasteiger partial charge in [0.25, 0.3) is 0 Å². The van der Waals surface area contributed by atoms with E-state index in [2.05, 4.69) is 179 Å². The van der Waals surface area contributed by atoms with Crippen molar-refractivity contribution in [1.82, 2.24) is 9.13 Å². The van der Waals surface area contributed by atoms with Crippen LogP contribution in [0.5, 0.6) is 0 Å². The van der Waals surface area contributed by atoms with Crippen molar-refractivity contribution in [2.75, 3.05) is 0 Å². The van der Waals surface area contributed by atoms with Crippen LogP contribution in [0.1, 0.15) is 0 Å². The van der Waals surface area contributed by atoms with Gasteiger partial charge in [-0.05, 0) is 70.1 Å². The molecule has 2 nitrogen and oxygen atoms in total. The summed E-state index contributed by atoms with van der Waals surface area (Å²) in [6.45, 7) is 0. The van der Waals surface area contributed by atoms with E-state index < -0.39 is 0 Å². The number of benzene rings is 9. The van der Waals surface area contributed by atoms with Gasteiger partial charge in [-0.3, -0.25) is 0 Å². The van der Waals surface area contributed by atoms with Gasteiger partial charge >= 0.3 is 0 Å². The lowest BCUT2D eigenvalue weighted by Crippen LogP contribution is -1.94. The van der Waals surface area contributed by atoms with Crippen molar-refractivity contribution in [3.05, 3.63) is 170 Å². The number of hydrogen-bond donors (Lipinski definition) is 0. The summed E-state index contributed by atoms with van der Waals surface area (Å²) < 4.78 is 7.62. The highest BCUT2D eigenvalue weighted by Crippen LogP contribution is 2.49. The second-order valence-electron chi connectivity index (χ2n) is 13.7. The van der Waals surface area contributed by atoms with E-state index in [4.69, 9.17) is 0 Å². The summed E-state index contributed by atoms with van der Waals surface area (Å²) in [6.07, 6.45) is 0. The number of rotatable bonds is 2. The minimum absolute atomic E-state index is 1.18. The van der Waals surface area contributed by atoms with Crippen LogP contribution in [0, 0.1) is 0 Å². The Balaban J connectivity index is 1.25. The molecule has 0 aliphatic heterocycles. The van der Waals surface area contributed by atoms with E-state index in [0.717, 1.165) is 0 Å². The molecule has 0 saturated heterocycles. The molecule has 0 atom stereocenters. The van der Waals surface area contributed by atoms with Crippen LogP contribution in [-0.4, -0.2) is 9.13 Å². The Labute approximate surface area is 296 Å². The van der Waals surface area contributed by atoms with Gasteiger partial charge in [0.15, 0.2) is 0 Å². The molecule has 0 bridgehead atoms. The minimum atomic E-state index is 1.18. The highest BCUT2D eigenvalue weighted by atomic mass is 32.1. The van der Waals surface area contributed by atoms with Gasteiger partial charge in [0.05, 0.1) is 22.1 Å². The number of nitrogens with zero attached hydrogens (tertiary/aromatic N) is 2. The van der Waals surface area contributed by atoms with E-state index in [1.54, 1.807) is 0 Å². The van der Waals surface area contributed by atoms with E-state index in [1.165, 1.54) is 107 Å². The van der Waals surface area contributed by atoms with Crippen LogP contribution in [0.25, 0.3) is 107 Å². The van der Waals surface area contributed by atoms with Gasteiger partial charge in [0, 0.05) is 63.9 Å². The fraction of sp³-hybridized carbons (Fsp3) is 0. The molecule has 3 heterocycles. The van der Waals surface area contributed by atoms with Crippen LogP contribution < -0.4 is 0 Å². The third-order valence-corrected chi connectivity index (χ3v) is 12.2. The fourth-order valence-corrected chi connectivity index (χ4v) is 10.1. The molecule has 0 radical (unpaired) electrons. The van der Waals surface area contributed by atoms with E-state index in [9.17, 15) is 0 Å². The molecule has 12 rings (SSSR count). The van der Waals surface area contributed by atoms with Crippen molar-refractivity contribution in [2.24, 2.45) is 0 Å². The first-order valence-corrected chi connectivity index (χ1v) is 18.3. The summed E-state index contributed by atoms with van der Waals surface area (Å²) in [7, 11) is 0. The Morgan fingerprint density at radius 3 is 1.59 bits per heavy atom. The Hall–Kier alpha value is -6.42. The van der Waals surface area contributed by atoms with E-state index in [0.29, 0.717) is 0 Å². The highest BCUT2D eigenvalue weighted by molar-refractivity contribution is 7.27. The Morgan fingerprint density at radius 2 is 0.882 bits per heavy atom. The van der Waals surface area contributed by atoms with Crippen molar-refractivity contribution < 1.29 is 0 Å². The maximum atomic E-state index is 2.51. The smallest absolute Gasteiger partial charge is 0.0626 e. The summed E-state index contributed by atoms with van der Waals surface area (Å²) in [5.41, 5.74) is 7.34. The van der Waals surface area contributed by atoms with Gasteiger partial charge in [-0.25, -0.2) is 0 Å². The zero-order valence-corrected chi connectivity index (χ0v) is 28.3. The summed E-state index contributed by atoms with van der Waals surface area (Å²) in [6, 6.07) is 62.8. The predicted molar refractivity (Wildman–Crippen MR) is 221 cm³/mol. The first-order chi connectivity index (χ1) is 25.3. The van der Waals surface area contributed by atoms with Gasteiger partial charge in [-0.1, -0.05) is 121 Å². The van der Waals surface area contributed by atoms with Crippen molar-refractivity contribution in [3.63, 3.8) is 0 Å². The minimum Gasteiger partial charge on any atom is -0.309 e. The molecule has 51 heavy (non-hydrogen) atoms. The molecule has 0 aliphatic carbocycles. The monoisotopic (exact) mass is 664 g/mol. The van der Waals surface area contributed by atoms with Crippen LogP contribution in [0.4, 0.5) is 0 Å². The van der Waals surface area contributed by atoms with Gasteiger partial charge < -0.3 is 9.13 Å². The topological polar surface area (TPSA) is 9.86 Å². The molecule has 236 valence electrons. The third-order valence-electron chi connectivity index (χ3n) is 11.0. The fourth-order valence-electron chi connectivity index (χ4n) is 8.81. The number of hydrogen-bond acceptors (Lipinski definition) is 1. The Kier molecular flexibility index (Phi) is 5.41. The molecule has 0 aliphatic rings. The first kappa shape index (κ1) is 27.4. The van der Waals surface area contributed by atoms with E-state index >= 15 is 0 Å². The maximum Gasteiger partial charge on any atom is 0.0626 e. The van der Waals surface area contributed by atoms with Crippen LogP contribution in [-0.2, 0) is 0 Å². The molecule has 0 saturated carbocycles. The summed E-state index contributed by atoms with van der Waals surface area (Å²) in [4.78, 5) is 0. The van der Waals surface area contributed by atoms with Gasteiger partial charge in [0.2, 0.25) is 0 Å². The molecule has 3 heteroatoms. The lowest BCUT2D eigenvalue weighted by molar-refractivity contribution is 1.19. The Morgan fingerprint density at radius 1 is 0.333 bits per heavy atom. The van der Waals surface area contributed by atoms with Crippen molar-refractivity contribution in [2.45, 2.75) is 0 Å². The van der Waals surface area contributed by atoms with Crippen molar-refractivity contribution in [1.29, 1.82) is 0 Å². The van der Waals surface area contributed by atoms with Crippen LogP contribution in [0.3, 0.4) is 0 Å². The second-order valence-corrected chi connectivity index (χ2v) is 14.8. The summed E-state index contributed by atoms with van der Waals surface area (Å²) >= 11 is 1.93. The molecular formula is C48H28N2S. The average Bonchev–Trinajstić information content (AvgIpc) is 3.84. The van der Waals surface area contributed by atoms with Crippen LogP contribution in [0.15, 0.2) is 170 Å². The molecule has 0 N–H and O–H groups in total. The molecular weight excluding hydrogens is 637 g/mol. The number of aromatic nitrogens is 2. The lowest BCUT2D eigenvalue weighted by atomic mass is 9.99. The van der Waals surface area contributed by atoms with Gasteiger partial charge in [0.1, 0.15) is 0 Å². The molecule has 0 unspecified atom stereocenters. The molecule has 12 aromatic rings. The molecule has 0 spiro atoms. The molecule has 0 amide bonds. The normalized spacial score (nSPS) is 12.3. The SMILES string of the molecule is c1ccc2cc(-n3c4ccccc4c4cc5c(cc43)sc3c4ccccc4c4c(c6ccccc6n4-c4ccc6ccccc6c4)c53)ccc2c1. The maximum absolute atomic E-state index is 2.51. The third kappa shape index (κ3) is 3.71. The molecule has 9 aromatic carbocycles. The summed E-state index contributed by atoms with van der Waals surface area (Å²) in [5, 5.41) is 15.4. The predicted octanol–water partition coefficient (Wildman–Crippen LogP) is 13.7. The van der Waals surface area contributed by atoms with Gasteiger partial charge in [-0.15, -0.1) is 11.3 Å². The number of para-hydroxylation sites is 2. The molecule has 3 aromatic heterocycles. The zero-order valence-electron chi connectivity index (χ0n) is 27.5. The quantitative estimate of drug-likeness (QED) is 0.174. The second kappa shape index (κ2) is 10.1. The van der Waals surface area contributed by atoms with Gasteiger partial charge in [-0.2, -0.15) is 0 Å². The van der Waals surface area contributed by atoms with Crippen molar-refractivity contribution >= 4 is 107 Å². The first-order valence-electron chi connectivity index (χ1n) is 17.5. The Bertz CT molecular complexity index is 3430. The standard InChI is InChI=1S/C48H28N2S/c1-3-13-31-25-33(23-21-29(31)11-1)49-41-19-9-7-15-35(41)39-27-40-44(28-43(39)49)51-48-37-17-6-5-16-36(37)47-45(46(40)48)38-18-8-10-20-42(38)50(47)34-24-22-30-12-2-4-14-32(30)26-34/h1-28H. The van der Waals surface area contributed by atoms with Crippen molar-refractivity contribution in [3.8, 4) is 11.4 Å². The number of thiophene rings is 1. The largest absolute Gasteiger partial charge is 0.309 e.